The van der Waals surface area contributed by atoms with E-state index in [1.807, 2.05) is 6.07 Å². The van der Waals surface area contributed by atoms with Gasteiger partial charge in [-0.15, -0.1) is 10.2 Å². The van der Waals surface area contributed by atoms with Gasteiger partial charge in [0.15, 0.2) is 0 Å². The molecule has 21 heavy (non-hydrogen) atoms. The Morgan fingerprint density at radius 2 is 2.24 bits per heavy atom. The molecule has 1 unspecified atom stereocenters. The number of aromatic nitrogens is 2. The van der Waals surface area contributed by atoms with Crippen molar-refractivity contribution in [2.75, 3.05) is 12.4 Å². The van der Waals surface area contributed by atoms with Crippen molar-refractivity contribution < 1.29 is 4.74 Å². The zero-order valence-electron chi connectivity index (χ0n) is 12.7. The summed E-state index contributed by atoms with van der Waals surface area (Å²) in [6.45, 7) is 4.40. The largest absolute Gasteiger partial charge is 0.497 e. The quantitative estimate of drug-likeness (QED) is 0.911. The topological polar surface area (TPSA) is 47.0 Å². The number of ether oxygens (including phenoxy) is 1. The number of nitrogens with zero attached hydrogens (tertiary/aromatic N) is 2. The second-order valence-electron chi connectivity index (χ2n) is 5.90. The third-order valence-electron chi connectivity index (χ3n) is 3.78. The summed E-state index contributed by atoms with van der Waals surface area (Å²) >= 11 is 1.67. The average molecular weight is 303 g/mol. The maximum Gasteiger partial charge on any atom is 0.206 e. The van der Waals surface area contributed by atoms with Gasteiger partial charge in [-0.25, -0.2) is 0 Å². The molecule has 1 heterocycles. The molecule has 1 aromatic heterocycles. The van der Waals surface area contributed by atoms with Crippen molar-refractivity contribution in [2.24, 2.45) is 5.92 Å². The molecule has 0 fully saturated rings. The minimum absolute atomic E-state index is 0.315. The fraction of sp³-hybridized carbons (Fsp3) is 0.500. The summed E-state index contributed by atoms with van der Waals surface area (Å²) in [7, 11) is 1.71. The molecule has 0 spiro atoms. The van der Waals surface area contributed by atoms with Crippen LogP contribution in [-0.4, -0.2) is 17.3 Å². The van der Waals surface area contributed by atoms with E-state index in [0.717, 1.165) is 35.2 Å². The first-order chi connectivity index (χ1) is 10.2. The molecule has 0 radical (unpaired) electrons. The number of rotatable bonds is 5. The zero-order valence-corrected chi connectivity index (χ0v) is 13.5. The number of aryl methyl sites for hydroxylation is 1. The van der Waals surface area contributed by atoms with E-state index in [1.165, 1.54) is 11.1 Å². The summed E-state index contributed by atoms with van der Waals surface area (Å²) in [4.78, 5) is 0. The van der Waals surface area contributed by atoms with Crippen molar-refractivity contribution in [1.29, 1.82) is 0 Å². The fourth-order valence-electron chi connectivity index (χ4n) is 2.75. The van der Waals surface area contributed by atoms with Crippen molar-refractivity contribution in [1.82, 2.24) is 10.2 Å². The van der Waals surface area contributed by atoms with Crippen LogP contribution in [0.5, 0.6) is 5.75 Å². The van der Waals surface area contributed by atoms with Crippen LogP contribution < -0.4 is 10.1 Å². The van der Waals surface area contributed by atoms with Gasteiger partial charge in [-0.2, -0.15) is 0 Å². The van der Waals surface area contributed by atoms with Crippen LogP contribution in [-0.2, 0) is 12.8 Å². The highest BCUT2D eigenvalue weighted by Crippen LogP contribution is 2.36. The Morgan fingerprint density at radius 3 is 3.00 bits per heavy atom. The van der Waals surface area contributed by atoms with Crippen LogP contribution in [0, 0.1) is 5.92 Å². The molecule has 5 heteroatoms. The Hall–Kier alpha value is -1.62. The molecule has 0 amide bonds. The lowest BCUT2D eigenvalue weighted by atomic mass is 10.1. The Kier molecular flexibility index (Phi) is 4.10. The predicted octanol–water partition coefficient (Wildman–Crippen LogP) is 3.84. The number of methoxy groups -OCH3 is 1. The van der Waals surface area contributed by atoms with E-state index in [9.17, 15) is 0 Å². The second kappa shape index (κ2) is 6.02. The third kappa shape index (κ3) is 3.18. The lowest BCUT2D eigenvalue weighted by Gasteiger charge is -2.13. The zero-order chi connectivity index (χ0) is 14.8. The summed E-state index contributed by atoms with van der Waals surface area (Å²) in [6.07, 6.45) is 3.20. The maximum atomic E-state index is 5.33. The van der Waals surface area contributed by atoms with Crippen LogP contribution in [0.15, 0.2) is 18.2 Å². The van der Waals surface area contributed by atoms with E-state index in [4.69, 9.17) is 4.74 Å². The van der Waals surface area contributed by atoms with Crippen molar-refractivity contribution in [2.45, 2.75) is 39.2 Å². The van der Waals surface area contributed by atoms with Gasteiger partial charge >= 0.3 is 0 Å². The van der Waals surface area contributed by atoms with E-state index in [1.54, 1.807) is 18.4 Å². The average Bonchev–Trinajstić information content (AvgIpc) is 3.06. The van der Waals surface area contributed by atoms with Crippen molar-refractivity contribution in [3.63, 3.8) is 0 Å². The molecule has 4 nitrogen and oxygen atoms in total. The van der Waals surface area contributed by atoms with Gasteiger partial charge in [0.1, 0.15) is 10.8 Å². The summed E-state index contributed by atoms with van der Waals surface area (Å²) in [5.41, 5.74) is 2.73. The number of hydrogen-bond acceptors (Lipinski definition) is 5. The Morgan fingerprint density at radius 1 is 1.38 bits per heavy atom. The molecule has 0 saturated heterocycles. The van der Waals surface area contributed by atoms with Crippen LogP contribution in [0.25, 0.3) is 0 Å². The van der Waals surface area contributed by atoms with Gasteiger partial charge in [-0.05, 0) is 42.0 Å². The molecule has 1 N–H and O–H groups in total. The predicted molar refractivity (Wildman–Crippen MR) is 86.1 cm³/mol. The van der Waals surface area contributed by atoms with Gasteiger partial charge in [0.2, 0.25) is 5.13 Å². The van der Waals surface area contributed by atoms with Gasteiger partial charge in [0.25, 0.3) is 0 Å². The molecule has 1 aliphatic carbocycles. The highest BCUT2D eigenvalue weighted by Gasteiger charge is 2.24. The van der Waals surface area contributed by atoms with Gasteiger partial charge in [-0.1, -0.05) is 31.3 Å². The second-order valence-corrected chi connectivity index (χ2v) is 6.96. The number of benzene rings is 1. The van der Waals surface area contributed by atoms with E-state index >= 15 is 0 Å². The summed E-state index contributed by atoms with van der Waals surface area (Å²) in [5.74, 6) is 1.53. The number of nitrogens with one attached hydrogen (secondary N) is 1. The molecule has 0 bridgehead atoms. The molecule has 3 rings (SSSR count). The van der Waals surface area contributed by atoms with Gasteiger partial charge < -0.3 is 10.1 Å². The minimum atomic E-state index is 0.315. The summed E-state index contributed by atoms with van der Waals surface area (Å²) < 4.78 is 5.33. The van der Waals surface area contributed by atoms with Gasteiger partial charge in [0.05, 0.1) is 13.2 Å². The normalized spacial score (nSPS) is 17.0. The summed E-state index contributed by atoms with van der Waals surface area (Å²) in [6, 6.07) is 6.65. The van der Waals surface area contributed by atoms with E-state index in [0.29, 0.717) is 12.0 Å². The lowest BCUT2D eigenvalue weighted by molar-refractivity contribution is 0.414. The molecule has 0 saturated carbocycles. The smallest absolute Gasteiger partial charge is 0.206 e. The van der Waals surface area contributed by atoms with Crippen LogP contribution in [0.4, 0.5) is 5.13 Å². The molecular formula is C16H21N3OS. The Labute approximate surface area is 129 Å². The van der Waals surface area contributed by atoms with Crippen molar-refractivity contribution in [3.8, 4) is 5.75 Å². The van der Waals surface area contributed by atoms with Crippen LogP contribution in [0.2, 0.25) is 0 Å². The molecular weight excluding hydrogens is 282 g/mol. The monoisotopic (exact) mass is 303 g/mol. The number of hydrogen-bond donors (Lipinski definition) is 1. The highest BCUT2D eigenvalue weighted by atomic mass is 32.1. The first-order valence-electron chi connectivity index (χ1n) is 7.41. The van der Waals surface area contributed by atoms with Crippen LogP contribution in [0.1, 0.15) is 42.4 Å². The van der Waals surface area contributed by atoms with Crippen molar-refractivity contribution in [3.05, 3.63) is 34.3 Å². The van der Waals surface area contributed by atoms with E-state index in [-0.39, 0.29) is 0 Å². The van der Waals surface area contributed by atoms with Gasteiger partial charge in [-0.3, -0.25) is 0 Å². The minimum Gasteiger partial charge on any atom is -0.497 e. The van der Waals surface area contributed by atoms with E-state index < -0.39 is 0 Å². The first-order valence-corrected chi connectivity index (χ1v) is 8.23. The molecule has 2 aromatic rings. The van der Waals surface area contributed by atoms with E-state index in [2.05, 4.69) is 41.5 Å². The van der Waals surface area contributed by atoms with Crippen LogP contribution in [0.3, 0.4) is 0 Å². The standard InChI is InChI=1S/C16H21N3OS/c1-10(2)8-15-18-19-16(21-15)17-14-7-5-11-4-6-12(20-3)9-13(11)14/h4,6,9-10,14H,5,7-8H2,1-3H3,(H,17,19). The maximum absolute atomic E-state index is 5.33. The molecule has 1 atom stereocenters. The lowest BCUT2D eigenvalue weighted by Crippen LogP contribution is -2.06. The molecule has 1 aromatic carbocycles. The third-order valence-corrected chi connectivity index (χ3v) is 4.66. The Bertz CT molecular complexity index is 624. The first kappa shape index (κ1) is 14.3. The van der Waals surface area contributed by atoms with Gasteiger partial charge in [0, 0.05) is 6.42 Å². The highest BCUT2D eigenvalue weighted by molar-refractivity contribution is 7.15. The summed E-state index contributed by atoms with van der Waals surface area (Å²) in [5, 5.41) is 14.1. The Balaban J connectivity index is 1.74. The van der Waals surface area contributed by atoms with Crippen molar-refractivity contribution >= 4 is 16.5 Å². The number of fused-ring (bicyclic) bond motifs is 1. The fourth-order valence-corrected chi connectivity index (χ4v) is 3.75. The SMILES string of the molecule is COc1ccc2c(c1)C(Nc1nnc(CC(C)C)s1)CC2. The number of anilines is 1. The van der Waals surface area contributed by atoms with Crippen LogP contribution >= 0.6 is 11.3 Å². The molecule has 112 valence electrons. The molecule has 1 aliphatic rings. The molecule has 0 aliphatic heterocycles.